The number of nitro benzene ring substituents is 1. The van der Waals surface area contributed by atoms with Crippen LogP contribution in [0, 0.1) is 10.1 Å². The van der Waals surface area contributed by atoms with E-state index in [0.29, 0.717) is 13.1 Å². The molecular formula is C17H25N3O4. The highest BCUT2D eigenvalue weighted by atomic mass is 16.6. The SMILES string of the molecule is C[C@@H]1CN(C(=O)OC(C)(C)C)[C@@H](C)CN1c1ccc([N+](=O)[O-])cc1. The maximum absolute atomic E-state index is 12.3. The minimum atomic E-state index is -0.518. The van der Waals surface area contributed by atoms with Crippen LogP contribution in [0.1, 0.15) is 34.6 Å². The minimum Gasteiger partial charge on any atom is -0.444 e. The molecule has 0 spiro atoms. The molecule has 132 valence electrons. The van der Waals surface area contributed by atoms with Crippen LogP contribution in [0.15, 0.2) is 24.3 Å². The van der Waals surface area contributed by atoms with Gasteiger partial charge in [-0.15, -0.1) is 0 Å². The zero-order chi connectivity index (χ0) is 18.1. The monoisotopic (exact) mass is 335 g/mol. The Morgan fingerprint density at radius 1 is 1.17 bits per heavy atom. The first kappa shape index (κ1) is 18.0. The second-order valence-corrected chi connectivity index (χ2v) is 7.26. The average Bonchev–Trinajstić information content (AvgIpc) is 2.47. The van der Waals surface area contributed by atoms with Crippen LogP contribution in [0.4, 0.5) is 16.2 Å². The van der Waals surface area contributed by atoms with Crippen molar-refractivity contribution in [2.24, 2.45) is 0 Å². The zero-order valence-electron chi connectivity index (χ0n) is 14.9. The smallest absolute Gasteiger partial charge is 0.410 e. The number of rotatable bonds is 2. The van der Waals surface area contributed by atoms with Crippen LogP contribution in [0.5, 0.6) is 0 Å². The lowest BCUT2D eigenvalue weighted by atomic mass is 10.1. The molecule has 2 atom stereocenters. The number of ether oxygens (including phenoxy) is 1. The minimum absolute atomic E-state index is 0.00811. The Hall–Kier alpha value is -2.31. The van der Waals surface area contributed by atoms with Crippen molar-refractivity contribution in [3.63, 3.8) is 0 Å². The van der Waals surface area contributed by atoms with Crippen molar-refractivity contribution in [1.29, 1.82) is 0 Å². The molecule has 1 fully saturated rings. The molecule has 1 saturated heterocycles. The number of piperazine rings is 1. The van der Waals surface area contributed by atoms with Crippen LogP contribution >= 0.6 is 0 Å². The van der Waals surface area contributed by atoms with Gasteiger partial charge in [0.15, 0.2) is 0 Å². The largest absolute Gasteiger partial charge is 0.444 e. The van der Waals surface area contributed by atoms with Crippen LogP contribution in [0.3, 0.4) is 0 Å². The molecule has 24 heavy (non-hydrogen) atoms. The molecule has 0 bridgehead atoms. The lowest BCUT2D eigenvalue weighted by molar-refractivity contribution is -0.384. The maximum Gasteiger partial charge on any atom is 0.410 e. The van der Waals surface area contributed by atoms with Gasteiger partial charge in [0.2, 0.25) is 0 Å². The van der Waals surface area contributed by atoms with Gasteiger partial charge in [0.25, 0.3) is 5.69 Å². The second kappa shape index (κ2) is 6.67. The van der Waals surface area contributed by atoms with Gasteiger partial charge < -0.3 is 14.5 Å². The quantitative estimate of drug-likeness (QED) is 0.611. The van der Waals surface area contributed by atoms with Gasteiger partial charge >= 0.3 is 6.09 Å². The van der Waals surface area contributed by atoms with Crippen molar-refractivity contribution >= 4 is 17.5 Å². The van der Waals surface area contributed by atoms with Crippen LogP contribution in [-0.4, -0.2) is 46.7 Å². The summed E-state index contributed by atoms with van der Waals surface area (Å²) in [6.45, 7) is 10.8. The third-order valence-electron chi connectivity index (χ3n) is 4.01. The number of nitro groups is 1. The number of hydrogen-bond acceptors (Lipinski definition) is 5. The summed E-state index contributed by atoms with van der Waals surface area (Å²) in [5.41, 5.74) is 0.478. The third kappa shape index (κ3) is 4.15. The number of nitrogens with zero attached hydrogens (tertiary/aromatic N) is 3. The van der Waals surface area contributed by atoms with E-state index in [0.717, 1.165) is 5.69 Å². The Morgan fingerprint density at radius 2 is 1.75 bits per heavy atom. The zero-order valence-corrected chi connectivity index (χ0v) is 14.9. The van der Waals surface area contributed by atoms with Gasteiger partial charge in [-0.05, 0) is 46.8 Å². The lowest BCUT2D eigenvalue weighted by Crippen LogP contribution is -2.59. The molecule has 7 heteroatoms. The first-order valence-corrected chi connectivity index (χ1v) is 8.09. The Kier molecular flexibility index (Phi) is 5.01. The van der Waals surface area contributed by atoms with Crippen molar-refractivity contribution in [1.82, 2.24) is 4.90 Å². The van der Waals surface area contributed by atoms with E-state index >= 15 is 0 Å². The van der Waals surface area contributed by atoms with E-state index < -0.39 is 10.5 Å². The summed E-state index contributed by atoms with van der Waals surface area (Å²) in [7, 11) is 0. The molecule has 0 aromatic heterocycles. The lowest BCUT2D eigenvalue weighted by Gasteiger charge is -2.45. The molecule has 1 aromatic carbocycles. The fraction of sp³-hybridized carbons (Fsp3) is 0.588. The summed E-state index contributed by atoms with van der Waals surface area (Å²) in [5, 5.41) is 10.8. The molecule has 0 unspecified atom stereocenters. The van der Waals surface area contributed by atoms with Gasteiger partial charge in [-0.2, -0.15) is 0 Å². The molecule has 0 radical (unpaired) electrons. The van der Waals surface area contributed by atoms with Crippen molar-refractivity contribution in [2.75, 3.05) is 18.0 Å². The molecule has 2 rings (SSSR count). The van der Waals surface area contributed by atoms with E-state index in [9.17, 15) is 14.9 Å². The fourth-order valence-corrected chi connectivity index (χ4v) is 2.83. The first-order chi connectivity index (χ1) is 11.1. The van der Waals surface area contributed by atoms with Gasteiger partial charge in [-0.1, -0.05) is 0 Å². The van der Waals surface area contributed by atoms with Crippen molar-refractivity contribution < 1.29 is 14.5 Å². The number of non-ortho nitro benzene ring substituents is 1. The second-order valence-electron chi connectivity index (χ2n) is 7.26. The van der Waals surface area contributed by atoms with Crippen molar-refractivity contribution in [2.45, 2.75) is 52.3 Å². The number of anilines is 1. The predicted molar refractivity (Wildman–Crippen MR) is 92.3 cm³/mol. The molecule has 7 nitrogen and oxygen atoms in total. The van der Waals surface area contributed by atoms with E-state index in [1.54, 1.807) is 17.0 Å². The van der Waals surface area contributed by atoms with E-state index in [4.69, 9.17) is 4.74 Å². The topological polar surface area (TPSA) is 75.9 Å². The maximum atomic E-state index is 12.3. The number of carbonyl (C=O) groups is 1. The third-order valence-corrected chi connectivity index (χ3v) is 4.01. The van der Waals surface area contributed by atoms with E-state index in [-0.39, 0.29) is 23.9 Å². The van der Waals surface area contributed by atoms with Crippen LogP contribution in [-0.2, 0) is 4.74 Å². The standard InChI is InChI=1S/C17H25N3O4/c1-12-11-19(16(21)24-17(3,4)5)13(2)10-18(12)14-6-8-15(9-7-14)20(22)23/h6-9,12-13H,10-11H2,1-5H3/t12-,13+/m1/s1. The predicted octanol–water partition coefficient (Wildman–Crippen LogP) is 3.43. The summed E-state index contributed by atoms with van der Waals surface area (Å²) >= 11 is 0. The highest BCUT2D eigenvalue weighted by molar-refractivity contribution is 5.69. The van der Waals surface area contributed by atoms with Crippen LogP contribution in [0.2, 0.25) is 0 Å². The molecule has 1 aromatic rings. The van der Waals surface area contributed by atoms with E-state index in [1.807, 2.05) is 34.6 Å². The highest BCUT2D eigenvalue weighted by Gasteiger charge is 2.34. The Morgan fingerprint density at radius 3 is 2.25 bits per heavy atom. The van der Waals surface area contributed by atoms with Gasteiger partial charge in [0.1, 0.15) is 5.60 Å². The normalized spacial score (nSPS) is 21.5. The number of hydrogen-bond donors (Lipinski definition) is 0. The van der Waals surface area contributed by atoms with E-state index in [2.05, 4.69) is 4.90 Å². The molecule has 1 aliphatic rings. The summed E-state index contributed by atoms with van der Waals surface area (Å²) in [6, 6.07) is 6.61. The van der Waals surface area contributed by atoms with Crippen LogP contribution in [0.25, 0.3) is 0 Å². The molecule has 0 saturated carbocycles. The number of amides is 1. The summed E-state index contributed by atoms with van der Waals surface area (Å²) < 4.78 is 5.47. The molecule has 0 N–H and O–H groups in total. The van der Waals surface area contributed by atoms with Gasteiger partial charge in [-0.25, -0.2) is 4.79 Å². The van der Waals surface area contributed by atoms with Gasteiger partial charge in [0, 0.05) is 43.0 Å². The highest BCUT2D eigenvalue weighted by Crippen LogP contribution is 2.26. The summed E-state index contributed by atoms with van der Waals surface area (Å²) in [6.07, 6.45) is -0.301. The van der Waals surface area contributed by atoms with Crippen LogP contribution < -0.4 is 4.90 Å². The molecule has 1 amide bonds. The Labute approximate surface area is 142 Å². The van der Waals surface area contributed by atoms with Gasteiger partial charge in [0.05, 0.1) is 4.92 Å². The fourth-order valence-electron chi connectivity index (χ4n) is 2.83. The summed E-state index contributed by atoms with van der Waals surface area (Å²) in [5.74, 6) is 0. The Balaban J connectivity index is 2.10. The van der Waals surface area contributed by atoms with E-state index in [1.165, 1.54) is 12.1 Å². The first-order valence-electron chi connectivity index (χ1n) is 8.09. The van der Waals surface area contributed by atoms with Crippen molar-refractivity contribution in [3.8, 4) is 0 Å². The average molecular weight is 335 g/mol. The molecular weight excluding hydrogens is 310 g/mol. The summed E-state index contributed by atoms with van der Waals surface area (Å²) in [4.78, 5) is 26.6. The molecule has 1 aliphatic heterocycles. The Bertz CT molecular complexity index is 609. The molecule has 1 heterocycles. The van der Waals surface area contributed by atoms with Crippen molar-refractivity contribution in [3.05, 3.63) is 34.4 Å². The van der Waals surface area contributed by atoms with Gasteiger partial charge in [-0.3, -0.25) is 10.1 Å². The molecule has 0 aliphatic carbocycles. The number of carbonyl (C=O) groups excluding carboxylic acids is 1. The number of benzene rings is 1.